The smallest absolute Gasteiger partial charge is 0.0944 e. The lowest BCUT2D eigenvalue weighted by Crippen LogP contribution is -2.21. The van der Waals surface area contributed by atoms with Gasteiger partial charge in [0.05, 0.1) is 15.2 Å². The summed E-state index contributed by atoms with van der Waals surface area (Å²) in [6.45, 7) is 4.59. The Kier molecular flexibility index (Phi) is 4.21. The van der Waals surface area contributed by atoms with Crippen molar-refractivity contribution in [3.8, 4) is 0 Å². The van der Waals surface area contributed by atoms with Crippen LogP contribution in [0.5, 0.6) is 0 Å². The van der Waals surface area contributed by atoms with Gasteiger partial charge < -0.3 is 0 Å². The lowest BCUT2D eigenvalue weighted by Gasteiger charge is -2.25. The van der Waals surface area contributed by atoms with Crippen LogP contribution in [0, 0.1) is 5.41 Å². The van der Waals surface area contributed by atoms with Crippen LogP contribution in [0.2, 0.25) is 0 Å². The zero-order valence-corrected chi connectivity index (χ0v) is 12.8. The average molecular weight is 312 g/mol. The largest absolute Gasteiger partial charge is 0.241 e. The van der Waals surface area contributed by atoms with Crippen LogP contribution in [-0.2, 0) is 6.42 Å². The molecule has 0 fully saturated rings. The first-order valence-corrected chi connectivity index (χ1v) is 8.01. The fourth-order valence-electron chi connectivity index (χ4n) is 2.17. The fraction of sp³-hybridized carbons (Fsp3) is 0.500. The normalized spacial score (nSPS) is 15.0. The number of rotatable bonds is 5. The molecule has 1 aromatic heterocycles. The molecule has 0 amide bonds. The Hall–Kier alpha value is -0.410. The van der Waals surface area contributed by atoms with Crippen molar-refractivity contribution in [2.24, 2.45) is 5.41 Å². The van der Waals surface area contributed by atoms with E-state index in [1.807, 2.05) is 11.3 Å². The third kappa shape index (κ3) is 3.08. The highest BCUT2D eigenvalue weighted by molar-refractivity contribution is 9.09. The van der Waals surface area contributed by atoms with Gasteiger partial charge in [0, 0.05) is 11.8 Å². The van der Waals surface area contributed by atoms with Crippen LogP contribution < -0.4 is 0 Å². The highest BCUT2D eigenvalue weighted by Crippen LogP contribution is 2.33. The molecule has 0 saturated carbocycles. The third-order valence-electron chi connectivity index (χ3n) is 3.09. The number of aromatic nitrogens is 1. The van der Waals surface area contributed by atoms with Crippen molar-refractivity contribution in [3.63, 3.8) is 0 Å². The van der Waals surface area contributed by atoms with Crippen molar-refractivity contribution in [1.82, 2.24) is 4.98 Å². The molecule has 0 aliphatic heterocycles. The standard InChI is InChI=1S/C14H18BrNS/c1-3-8-14(2,10-15)9-13-16-11-6-4-5-7-12(11)17-13/h4-7H,3,8-10H2,1-2H3. The zero-order valence-electron chi connectivity index (χ0n) is 10.4. The second-order valence-corrected chi connectivity index (χ2v) is 6.62. The Balaban J connectivity index is 2.22. The summed E-state index contributed by atoms with van der Waals surface area (Å²) in [4.78, 5) is 4.73. The number of fused-ring (bicyclic) bond motifs is 1. The molecule has 1 nitrogen and oxygen atoms in total. The molecule has 3 heteroatoms. The maximum absolute atomic E-state index is 4.73. The van der Waals surface area contributed by atoms with E-state index in [0.29, 0.717) is 5.41 Å². The predicted molar refractivity (Wildman–Crippen MR) is 80.1 cm³/mol. The van der Waals surface area contributed by atoms with Crippen LogP contribution in [0.1, 0.15) is 31.7 Å². The van der Waals surface area contributed by atoms with Crippen molar-refractivity contribution in [2.75, 3.05) is 5.33 Å². The molecule has 0 spiro atoms. The number of thiazole rings is 1. The summed E-state index contributed by atoms with van der Waals surface area (Å²) in [7, 11) is 0. The summed E-state index contributed by atoms with van der Waals surface area (Å²) in [5, 5.41) is 2.31. The van der Waals surface area contributed by atoms with E-state index < -0.39 is 0 Å². The van der Waals surface area contributed by atoms with Crippen molar-refractivity contribution >= 4 is 37.5 Å². The molecular formula is C14H18BrNS. The summed E-state index contributed by atoms with van der Waals surface area (Å²) in [5.41, 5.74) is 1.48. The van der Waals surface area contributed by atoms with Gasteiger partial charge in [0.1, 0.15) is 0 Å². The van der Waals surface area contributed by atoms with Gasteiger partial charge in [-0.25, -0.2) is 4.98 Å². The van der Waals surface area contributed by atoms with Gasteiger partial charge in [0.15, 0.2) is 0 Å². The van der Waals surface area contributed by atoms with Crippen molar-refractivity contribution < 1.29 is 0 Å². The van der Waals surface area contributed by atoms with Gasteiger partial charge in [-0.15, -0.1) is 11.3 Å². The summed E-state index contributed by atoms with van der Waals surface area (Å²) in [5.74, 6) is 0. The molecule has 1 aromatic carbocycles. The van der Waals surface area contributed by atoms with Gasteiger partial charge in [-0.2, -0.15) is 0 Å². The lowest BCUT2D eigenvalue weighted by molar-refractivity contribution is 0.340. The lowest BCUT2D eigenvalue weighted by atomic mass is 9.85. The summed E-state index contributed by atoms with van der Waals surface area (Å²) >= 11 is 5.48. The molecule has 1 atom stereocenters. The van der Waals surface area contributed by atoms with Crippen LogP contribution in [0.15, 0.2) is 24.3 Å². The fourth-order valence-corrected chi connectivity index (χ4v) is 3.83. The van der Waals surface area contributed by atoms with E-state index in [4.69, 9.17) is 4.98 Å². The first kappa shape index (κ1) is 13.0. The number of halogens is 1. The molecule has 1 heterocycles. The van der Waals surface area contributed by atoms with Gasteiger partial charge in [-0.3, -0.25) is 0 Å². The Morgan fingerprint density at radius 1 is 1.35 bits per heavy atom. The zero-order chi connectivity index (χ0) is 12.3. The molecule has 0 saturated heterocycles. The summed E-state index contributed by atoms with van der Waals surface area (Å²) in [6, 6.07) is 8.39. The minimum atomic E-state index is 0.336. The van der Waals surface area contributed by atoms with Gasteiger partial charge in [-0.1, -0.05) is 48.3 Å². The Morgan fingerprint density at radius 3 is 2.76 bits per heavy atom. The molecule has 1 unspecified atom stereocenters. The number of hydrogen-bond acceptors (Lipinski definition) is 2. The van der Waals surface area contributed by atoms with E-state index in [2.05, 4.69) is 54.0 Å². The number of alkyl halides is 1. The van der Waals surface area contributed by atoms with Crippen LogP contribution in [0.4, 0.5) is 0 Å². The van der Waals surface area contributed by atoms with Crippen LogP contribution in [0.25, 0.3) is 10.2 Å². The molecule has 0 aliphatic rings. The molecule has 0 aliphatic carbocycles. The first-order valence-electron chi connectivity index (χ1n) is 6.07. The Labute approximate surface area is 115 Å². The highest BCUT2D eigenvalue weighted by atomic mass is 79.9. The van der Waals surface area contributed by atoms with Gasteiger partial charge in [-0.05, 0) is 24.0 Å². The van der Waals surface area contributed by atoms with E-state index in [0.717, 1.165) is 17.3 Å². The second kappa shape index (κ2) is 5.49. The minimum absolute atomic E-state index is 0.336. The average Bonchev–Trinajstić information content (AvgIpc) is 2.71. The van der Waals surface area contributed by atoms with E-state index >= 15 is 0 Å². The van der Waals surface area contributed by atoms with Gasteiger partial charge >= 0.3 is 0 Å². The first-order chi connectivity index (χ1) is 8.17. The van der Waals surface area contributed by atoms with E-state index in [-0.39, 0.29) is 0 Å². The summed E-state index contributed by atoms with van der Waals surface area (Å²) in [6.07, 6.45) is 3.55. The van der Waals surface area contributed by atoms with E-state index in [1.165, 1.54) is 22.5 Å². The van der Waals surface area contributed by atoms with E-state index in [1.54, 1.807) is 0 Å². The Morgan fingerprint density at radius 2 is 2.12 bits per heavy atom. The molecule has 0 N–H and O–H groups in total. The number of benzene rings is 1. The van der Waals surface area contributed by atoms with E-state index in [9.17, 15) is 0 Å². The van der Waals surface area contributed by atoms with Crippen LogP contribution >= 0.6 is 27.3 Å². The second-order valence-electron chi connectivity index (χ2n) is 4.95. The van der Waals surface area contributed by atoms with Crippen molar-refractivity contribution in [3.05, 3.63) is 29.3 Å². The molecule has 2 rings (SSSR count). The molecule has 92 valence electrons. The SMILES string of the molecule is CCCC(C)(CBr)Cc1nc2ccccc2s1. The Bertz CT molecular complexity index is 461. The predicted octanol–water partition coefficient (Wildman–Crippen LogP) is 5.04. The molecular weight excluding hydrogens is 294 g/mol. The molecule has 17 heavy (non-hydrogen) atoms. The van der Waals surface area contributed by atoms with Gasteiger partial charge in [0.2, 0.25) is 0 Å². The summed E-state index contributed by atoms with van der Waals surface area (Å²) < 4.78 is 1.30. The van der Waals surface area contributed by atoms with Crippen LogP contribution in [0.3, 0.4) is 0 Å². The highest BCUT2D eigenvalue weighted by Gasteiger charge is 2.24. The quantitative estimate of drug-likeness (QED) is 0.705. The topological polar surface area (TPSA) is 12.9 Å². The third-order valence-corrected chi connectivity index (χ3v) is 5.48. The maximum Gasteiger partial charge on any atom is 0.0944 e. The monoisotopic (exact) mass is 311 g/mol. The minimum Gasteiger partial charge on any atom is -0.241 e. The van der Waals surface area contributed by atoms with Crippen LogP contribution in [-0.4, -0.2) is 10.3 Å². The van der Waals surface area contributed by atoms with Crippen molar-refractivity contribution in [2.45, 2.75) is 33.1 Å². The molecule has 0 radical (unpaired) electrons. The number of hydrogen-bond donors (Lipinski definition) is 0. The molecule has 2 aromatic rings. The number of nitrogens with zero attached hydrogens (tertiary/aromatic N) is 1. The maximum atomic E-state index is 4.73. The molecule has 0 bridgehead atoms. The van der Waals surface area contributed by atoms with Gasteiger partial charge in [0.25, 0.3) is 0 Å². The number of para-hydroxylation sites is 1. The van der Waals surface area contributed by atoms with Crippen molar-refractivity contribution in [1.29, 1.82) is 0 Å².